The van der Waals surface area contributed by atoms with E-state index in [9.17, 15) is 0 Å². The number of anilines is 2. The number of nitrogens with one attached hydrogen (secondary N) is 1. The van der Waals surface area contributed by atoms with Gasteiger partial charge in [0.1, 0.15) is 5.82 Å². The van der Waals surface area contributed by atoms with E-state index in [1.165, 1.54) is 25.1 Å². The minimum absolute atomic E-state index is 0.681. The Hall–Kier alpha value is -2.15. The first kappa shape index (κ1) is 18.6. The van der Waals surface area contributed by atoms with Crippen LogP contribution in [0, 0.1) is 0 Å². The molecular weight excluding hydrogens is 326 g/mol. The monoisotopic (exact) mass is 357 g/mol. The lowest BCUT2D eigenvalue weighted by Gasteiger charge is -2.17. The fourth-order valence-corrected chi connectivity index (χ4v) is 3.32. The van der Waals surface area contributed by atoms with Crippen molar-refractivity contribution in [2.45, 2.75) is 52.7 Å². The molecule has 7 nitrogen and oxygen atoms in total. The van der Waals surface area contributed by atoms with E-state index in [0.29, 0.717) is 6.54 Å². The normalized spacial score (nSPS) is 14.8. The van der Waals surface area contributed by atoms with Gasteiger partial charge in [-0.1, -0.05) is 13.8 Å². The van der Waals surface area contributed by atoms with Crippen LogP contribution in [0.25, 0.3) is 0 Å². The summed E-state index contributed by atoms with van der Waals surface area (Å²) < 4.78 is 2.18. The maximum atomic E-state index is 4.79. The minimum Gasteiger partial charge on any atom is -0.364 e. The molecule has 0 bridgehead atoms. The SMILES string of the molecule is CCCN1CCCn2nc(CNc3cc(CC)nc(N(C)C)n3)cc2C1. The third kappa shape index (κ3) is 4.52. The number of rotatable bonds is 7. The van der Waals surface area contributed by atoms with Gasteiger partial charge in [-0.15, -0.1) is 0 Å². The van der Waals surface area contributed by atoms with E-state index in [-0.39, 0.29) is 0 Å². The van der Waals surface area contributed by atoms with Crippen LogP contribution < -0.4 is 10.2 Å². The summed E-state index contributed by atoms with van der Waals surface area (Å²) in [6.45, 7) is 9.37. The molecule has 0 saturated heterocycles. The van der Waals surface area contributed by atoms with Crippen molar-refractivity contribution in [1.29, 1.82) is 0 Å². The van der Waals surface area contributed by atoms with Gasteiger partial charge in [0.25, 0.3) is 0 Å². The van der Waals surface area contributed by atoms with Gasteiger partial charge >= 0.3 is 0 Å². The van der Waals surface area contributed by atoms with Crippen LogP contribution >= 0.6 is 0 Å². The predicted octanol–water partition coefficient (Wildman–Crippen LogP) is 2.53. The zero-order valence-electron chi connectivity index (χ0n) is 16.5. The summed E-state index contributed by atoms with van der Waals surface area (Å²) in [7, 11) is 3.93. The van der Waals surface area contributed by atoms with Gasteiger partial charge in [-0.25, -0.2) is 4.98 Å². The van der Waals surface area contributed by atoms with Crippen molar-refractivity contribution in [2.24, 2.45) is 0 Å². The van der Waals surface area contributed by atoms with E-state index >= 15 is 0 Å². The van der Waals surface area contributed by atoms with E-state index in [1.54, 1.807) is 0 Å². The van der Waals surface area contributed by atoms with Gasteiger partial charge in [-0.2, -0.15) is 10.1 Å². The Balaban J connectivity index is 1.69. The molecule has 3 rings (SSSR count). The zero-order chi connectivity index (χ0) is 18.5. The van der Waals surface area contributed by atoms with E-state index < -0.39 is 0 Å². The molecule has 7 heteroatoms. The number of aromatic nitrogens is 4. The van der Waals surface area contributed by atoms with Crippen LogP contribution in [-0.2, 0) is 26.1 Å². The van der Waals surface area contributed by atoms with Crippen molar-refractivity contribution in [3.63, 3.8) is 0 Å². The second kappa shape index (κ2) is 8.49. The molecule has 0 fully saturated rings. The van der Waals surface area contributed by atoms with E-state index in [4.69, 9.17) is 5.10 Å². The molecule has 0 amide bonds. The average molecular weight is 358 g/mol. The summed E-state index contributed by atoms with van der Waals surface area (Å²) in [6.07, 6.45) is 3.26. The molecule has 0 saturated carbocycles. The third-order valence-electron chi connectivity index (χ3n) is 4.66. The minimum atomic E-state index is 0.681. The predicted molar refractivity (Wildman–Crippen MR) is 105 cm³/mol. The Labute approximate surface area is 156 Å². The van der Waals surface area contributed by atoms with Crippen LogP contribution in [-0.4, -0.2) is 51.8 Å². The lowest BCUT2D eigenvalue weighted by Crippen LogP contribution is -2.23. The first-order valence-electron chi connectivity index (χ1n) is 9.66. The number of hydrogen-bond acceptors (Lipinski definition) is 6. The summed E-state index contributed by atoms with van der Waals surface area (Å²) >= 11 is 0. The van der Waals surface area contributed by atoms with Crippen molar-refractivity contribution < 1.29 is 0 Å². The third-order valence-corrected chi connectivity index (χ3v) is 4.66. The topological polar surface area (TPSA) is 62.1 Å². The quantitative estimate of drug-likeness (QED) is 0.822. The molecule has 1 aliphatic heterocycles. The Kier molecular flexibility index (Phi) is 6.08. The average Bonchev–Trinajstić information content (AvgIpc) is 2.91. The second-order valence-corrected chi connectivity index (χ2v) is 7.13. The summed E-state index contributed by atoms with van der Waals surface area (Å²) in [5.74, 6) is 1.60. The van der Waals surface area contributed by atoms with Crippen molar-refractivity contribution in [1.82, 2.24) is 24.6 Å². The highest BCUT2D eigenvalue weighted by molar-refractivity contribution is 5.43. The molecule has 0 radical (unpaired) electrons. The molecule has 0 spiro atoms. The van der Waals surface area contributed by atoms with Crippen molar-refractivity contribution in [2.75, 3.05) is 37.4 Å². The van der Waals surface area contributed by atoms with Gasteiger partial charge in [-0.3, -0.25) is 9.58 Å². The number of hydrogen-bond donors (Lipinski definition) is 1. The molecule has 0 atom stereocenters. The fraction of sp³-hybridized carbons (Fsp3) is 0.632. The number of aryl methyl sites for hydroxylation is 2. The van der Waals surface area contributed by atoms with E-state index in [2.05, 4.69) is 44.8 Å². The Morgan fingerprint density at radius 3 is 2.69 bits per heavy atom. The van der Waals surface area contributed by atoms with Crippen molar-refractivity contribution >= 4 is 11.8 Å². The van der Waals surface area contributed by atoms with Gasteiger partial charge < -0.3 is 10.2 Å². The van der Waals surface area contributed by atoms with Crippen molar-refractivity contribution in [3.8, 4) is 0 Å². The Bertz CT molecular complexity index is 723. The first-order valence-corrected chi connectivity index (χ1v) is 9.66. The van der Waals surface area contributed by atoms with Gasteiger partial charge in [-0.05, 0) is 31.9 Å². The highest BCUT2D eigenvalue weighted by Crippen LogP contribution is 2.16. The highest BCUT2D eigenvalue weighted by Gasteiger charge is 2.16. The molecule has 1 aliphatic rings. The van der Waals surface area contributed by atoms with Gasteiger partial charge in [0.05, 0.1) is 17.9 Å². The maximum Gasteiger partial charge on any atom is 0.226 e. The maximum absolute atomic E-state index is 4.79. The molecule has 0 aliphatic carbocycles. The molecule has 26 heavy (non-hydrogen) atoms. The smallest absolute Gasteiger partial charge is 0.226 e. The van der Waals surface area contributed by atoms with E-state index in [0.717, 1.165) is 49.2 Å². The summed E-state index contributed by atoms with van der Waals surface area (Å²) in [6, 6.07) is 4.26. The Morgan fingerprint density at radius 1 is 1.12 bits per heavy atom. The lowest BCUT2D eigenvalue weighted by molar-refractivity contribution is 0.270. The van der Waals surface area contributed by atoms with Crippen LogP contribution in [0.5, 0.6) is 0 Å². The molecule has 2 aromatic heterocycles. The van der Waals surface area contributed by atoms with Crippen LogP contribution in [0.3, 0.4) is 0 Å². The molecule has 0 unspecified atom stereocenters. The highest BCUT2D eigenvalue weighted by atomic mass is 15.3. The summed E-state index contributed by atoms with van der Waals surface area (Å²) in [5, 5.41) is 8.22. The van der Waals surface area contributed by atoms with Gasteiger partial charge in [0, 0.05) is 45.5 Å². The molecular formula is C19H31N7. The molecule has 1 N–H and O–H groups in total. The van der Waals surface area contributed by atoms with E-state index in [1.807, 2.05) is 25.1 Å². The summed E-state index contributed by atoms with van der Waals surface area (Å²) in [4.78, 5) is 13.6. The summed E-state index contributed by atoms with van der Waals surface area (Å²) in [5.41, 5.74) is 3.43. The zero-order valence-corrected chi connectivity index (χ0v) is 16.5. The molecule has 0 aromatic carbocycles. The molecule has 3 heterocycles. The fourth-order valence-electron chi connectivity index (χ4n) is 3.32. The first-order chi connectivity index (χ1) is 12.6. The number of fused-ring (bicyclic) bond motifs is 1. The second-order valence-electron chi connectivity index (χ2n) is 7.13. The van der Waals surface area contributed by atoms with Crippen LogP contribution in [0.15, 0.2) is 12.1 Å². The Morgan fingerprint density at radius 2 is 1.96 bits per heavy atom. The van der Waals surface area contributed by atoms with Gasteiger partial charge in [0.2, 0.25) is 5.95 Å². The molecule has 142 valence electrons. The lowest BCUT2D eigenvalue weighted by atomic mass is 10.3. The number of nitrogens with zero attached hydrogens (tertiary/aromatic N) is 6. The van der Waals surface area contributed by atoms with Crippen LogP contribution in [0.1, 0.15) is 43.8 Å². The van der Waals surface area contributed by atoms with Gasteiger partial charge in [0.15, 0.2) is 0 Å². The largest absolute Gasteiger partial charge is 0.364 e. The van der Waals surface area contributed by atoms with Crippen LogP contribution in [0.4, 0.5) is 11.8 Å². The molecule has 2 aromatic rings. The standard InChI is InChI=1S/C19H31N7/c1-5-8-25-9-7-10-26-17(14-25)11-16(23-26)13-20-18-12-15(6-2)21-19(22-18)24(3)4/h11-12H,5-10,13-14H2,1-4H3,(H,20,21,22). The van der Waals surface area contributed by atoms with Crippen molar-refractivity contribution in [3.05, 3.63) is 29.2 Å². The van der Waals surface area contributed by atoms with Crippen LogP contribution in [0.2, 0.25) is 0 Å².